The van der Waals surface area contributed by atoms with E-state index < -0.39 is 11.6 Å². The van der Waals surface area contributed by atoms with Gasteiger partial charge in [0.25, 0.3) is 0 Å². The second-order valence-electron chi connectivity index (χ2n) is 4.88. The SMILES string of the molecule is Cc1cc2c(-c3ccc(F)cc3F)nc(Cl)cc2nc1C. The predicted octanol–water partition coefficient (Wildman–Crippen LogP) is 4.85. The molecule has 3 rings (SSSR count). The first kappa shape index (κ1) is 13.9. The monoisotopic (exact) mass is 304 g/mol. The summed E-state index contributed by atoms with van der Waals surface area (Å²) in [6, 6.07) is 6.91. The summed E-state index contributed by atoms with van der Waals surface area (Å²) in [5.41, 5.74) is 3.04. The van der Waals surface area contributed by atoms with Gasteiger partial charge >= 0.3 is 0 Å². The van der Waals surface area contributed by atoms with Gasteiger partial charge in [0.1, 0.15) is 16.8 Å². The number of aryl methyl sites for hydroxylation is 2. The molecule has 2 heterocycles. The highest BCUT2D eigenvalue weighted by atomic mass is 35.5. The largest absolute Gasteiger partial charge is 0.253 e. The third-order valence-electron chi connectivity index (χ3n) is 3.41. The van der Waals surface area contributed by atoms with Crippen LogP contribution < -0.4 is 0 Å². The summed E-state index contributed by atoms with van der Waals surface area (Å²) in [6.07, 6.45) is 0. The van der Waals surface area contributed by atoms with E-state index in [9.17, 15) is 8.78 Å². The Morgan fingerprint density at radius 3 is 2.48 bits per heavy atom. The van der Waals surface area contributed by atoms with Gasteiger partial charge in [0, 0.05) is 28.8 Å². The van der Waals surface area contributed by atoms with E-state index >= 15 is 0 Å². The van der Waals surface area contributed by atoms with Crippen LogP contribution in [0.15, 0.2) is 30.3 Å². The Kier molecular flexibility index (Phi) is 3.33. The lowest BCUT2D eigenvalue weighted by atomic mass is 10.0. The number of halogens is 3. The van der Waals surface area contributed by atoms with Crippen LogP contribution in [-0.2, 0) is 0 Å². The Balaban J connectivity index is 2.38. The Morgan fingerprint density at radius 1 is 1.00 bits per heavy atom. The van der Waals surface area contributed by atoms with Crippen molar-refractivity contribution in [2.24, 2.45) is 0 Å². The van der Waals surface area contributed by atoms with E-state index in [4.69, 9.17) is 11.6 Å². The minimum Gasteiger partial charge on any atom is -0.253 e. The molecule has 0 aliphatic heterocycles. The molecule has 3 aromatic rings. The summed E-state index contributed by atoms with van der Waals surface area (Å²) >= 11 is 6.00. The number of benzene rings is 1. The third-order valence-corrected chi connectivity index (χ3v) is 3.61. The molecule has 21 heavy (non-hydrogen) atoms. The van der Waals surface area contributed by atoms with E-state index in [1.807, 2.05) is 19.9 Å². The van der Waals surface area contributed by atoms with Gasteiger partial charge in [-0.2, -0.15) is 0 Å². The molecule has 0 saturated carbocycles. The maximum atomic E-state index is 14.0. The number of pyridine rings is 2. The first-order valence-corrected chi connectivity index (χ1v) is 6.73. The fourth-order valence-electron chi connectivity index (χ4n) is 2.22. The molecule has 5 heteroatoms. The molecule has 0 bridgehead atoms. The fraction of sp³-hybridized carbons (Fsp3) is 0.125. The van der Waals surface area contributed by atoms with Crippen molar-refractivity contribution in [1.29, 1.82) is 0 Å². The Morgan fingerprint density at radius 2 is 1.76 bits per heavy atom. The lowest BCUT2D eigenvalue weighted by Gasteiger charge is -2.10. The van der Waals surface area contributed by atoms with Gasteiger partial charge in [0.05, 0.1) is 11.2 Å². The van der Waals surface area contributed by atoms with E-state index in [0.29, 0.717) is 16.6 Å². The number of rotatable bonds is 1. The number of nitrogens with zero attached hydrogens (tertiary/aromatic N) is 2. The van der Waals surface area contributed by atoms with Gasteiger partial charge in [0.2, 0.25) is 0 Å². The Bertz CT molecular complexity index is 863. The smallest absolute Gasteiger partial charge is 0.135 e. The molecule has 0 amide bonds. The molecule has 0 spiro atoms. The summed E-state index contributed by atoms with van der Waals surface area (Å²) < 4.78 is 27.1. The van der Waals surface area contributed by atoms with Gasteiger partial charge in [-0.3, -0.25) is 4.98 Å². The van der Waals surface area contributed by atoms with E-state index in [1.54, 1.807) is 6.07 Å². The highest BCUT2D eigenvalue weighted by molar-refractivity contribution is 6.30. The molecular formula is C16H11ClF2N2. The molecule has 0 aliphatic rings. The number of fused-ring (bicyclic) bond motifs is 1. The lowest BCUT2D eigenvalue weighted by Crippen LogP contribution is -1.95. The van der Waals surface area contributed by atoms with Gasteiger partial charge in [-0.1, -0.05) is 11.6 Å². The minimum atomic E-state index is -0.677. The van der Waals surface area contributed by atoms with Crippen LogP contribution in [0.25, 0.3) is 22.2 Å². The molecule has 0 atom stereocenters. The molecular weight excluding hydrogens is 294 g/mol. The highest BCUT2D eigenvalue weighted by Gasteiger charge is 2.14. The van der Waals surface area contributed by atoms with Gasteiger partial charge in [-0.25, -0.2) is 13.8 Å². The summed E-state index contributed by atoms with van der Waals surface area (Å²) in [7, 11) is 0. The molecule has 1 aromatic carbocycles. The summed E-state index contributed by atoms with van der Waals surface area (Å²) in [6.45, 7) is 3.81. The van der Waals surface area contributed by atoms with Crippen LogP contribution in [-0.4, -0.2) is 9.97 Å². The second-order valence-corrected chi connectivity index (χ2v) is 5.26. The molecule has 0 fully saturated rings. The third kappa shape index (κ3) is 2.47. The molecule has 2 nitrogen and oxygen atoms in total. The quantitative estimate of drug-likeness (QED) is 0.601. The van der Waals surface area contributed by atoms with Crippen LogP contribution in [0, 0.1) is 25.5 Å². The minimum absolute atomic E-state index is 0.203. The Hall–Kier alpha value is -2.07. The van der Waals surface area contributed by atoms with Crippen molar-refractivity contribution >= 4 is 22.5 Å². The summed E-state index contributed by atoms with van der Waals surface area (Å²) in [5, 5.41) is 0.907. The maximum Gasteiger partial charge on any atom is 0.135 e. The van der Waals surface area contributed by atoms with Crippen molar-refractivity contribution in [2.75, 3.05) is 0 Å². The molecule has 0 aliphatic carbocycles. The van der Waals surface area contributed by atoms with Gasteiger partial charge < -0.3 is 0 Å². The molecule has 106 valence electrons. The van der Waals surface area contributed by atoms with Gasteiger partial charge in [0.15, 0.2) is 0 Å². The van der Waals surface area contributed by atoms with Crippen LogP contribution in [0.3, 0.4) is 0 Å². The maximum absolute atomic E-state index is 14.0. The second kappa shape index (κ2) is 5.04. The van der Waals surface area contributed by atoms with Crippen LogP contribution in [0.4, 0.5) is 8.78 Å². The van der Waals surface area contributed by atoms with E-state index in [0.717, 1.165) is 17.3 Å². The van der Waals surface area contributed by atoms with Crippen molar-refractivity contribution in [2.45, 2.75) is 13.8 Å². The average molecular weight is 305 g/mol. The summed E-state index contributed by atoms with van der Waals surface area (Å²) in [4.78, 5) is 8.64. The molecule has 0 unspecified atom stereocenters. The molecule has 0 N–H and O–H groups in total. The van der Waals surface area contributed by atoms with Crippen LogP contribution in [0.1, 0.15) is 11.3 Å². The predicted molar refractivity (Wildman–Crippen MR) is 79.4 cm³/mol. The normalized spacial score (nSPS) is 11.1. The van der Waals surface area contributed by atoms with Gasteiger partial charge in [-0.05, 0) is 37.6 Å². The van der Waals surface area contributed by atoms with Crippen LogP contribution in [0.2, 0.25) is 5.15 Å². The van der Waals surface area contributed by atoms with Crippen LogP contribution in [0.5, 0.6) is 0 Å². The van der Waals surface area contributed by atoms with Crippen molar-refractivity contribution in [3.8, 4) is 11.3 Å². The highest BCUT2D eigenvalue weighted by Crippen LogP contribution is 2.31. The topological polar surface area (TPSA) is 25.8 Å². The molecule has 0 saturated heterocycles. The zero-order valence-corrected chi connectivity index (χ0v) is 12.2. The van der Waals surface area contributed by atoms with E-state index in [1.165, 1.54) is 12.1 Å². The number of hydrogen-bond acceptors (Lipinski definition) is 2. The van der Waals surface area contributed by atoms with E-state index in [-0.39, 0.29) is 10.7 Å². The van der Waals surface area contributed by atoms with Crippen molar-refractivity contribution < 1.29 is 8.78 Å². The van der Waals surface area contributed by atoms with Gasteiger partial charge in [-0.15, -0.1) is 0 Å². The van der Waals surface area contributed by atoms with Crippen molar-refractivity contribution in [3.63, 3.8) is 0 Å². The molecule has 2 aromatic heterocycles. The standard InChI is InChI=1S/C16H11ClF2N2/c1-8-5-12-14(20-9(8)2)7-15(17)21-16(12)11-4-3-10(18)6-13(11)19/h3-7H,1-2H3. The van der Waals surface area contributed by atoms with Crippen LogP contribution >= 0.6 is 11.6 Å². The lowest BCUT2D eigenvalue weighted by molar-refractivity contribution is 0.585. The zero-order chi connectivity index (χ0) is 15.1. The first-order chi connectivity index (χ1) is 9.95. The van der Waals surface area contributed by atoms with Crippen molar-refractivity contribution in [1.82, 2.24) is 9.97 Å². The fourth-order valence-corrected chi connectivity index (χ4v) is 2.41. The van der Waals surface area contributed by atoms with Crippen molar-refractivity contribution in [3.05, 3.63) is 58.4 Å². The Labute approximate surface area is 125 Å². The van der Waals surface area contributed by atoms with E-state index in [2.05, 4.69) is 9.97 Å². The molecule has 0 radical (unpaired) electrons. The number of hydrogen-bond donors (Lipinski definition) is 0. The first-order valence-electron chi connectivity index (χ1n) is 6.35. The zero-order valence-electron chi connectivity index (χ0n) is 11.4. The number of aromatic nitrogens is 2. The average Bonchev–Trinajstić information content (AvgIpc) is 2.40. The summed E-state index contributed by atoms with van der Waals surface area (Å²) in [5.74, 6) is -1.31.